The third-order valence-electron chi connectivity index (χ3n) is 5.81. The van der Waals surface area contributed by atoms with Crippen LogP contribution in [0, 0.1) is 13.8 Å². The Morgan fingerprint density at radius 2 is 1.71 bits per heavy atom. The molecule has 2 aromatic rings. The van der Waals surface area contributed by atoms with Crippen LogP contribution in [0.5, 0.6) is 0 Å². The molecule has 9 heteroatoms. The van der Waals surface area contributed by atoms with Crippen molar-refractivity contribution < 1.29 is 23.8 Å². The number of aryl methyl sites for hydroxylation is 1. The maximum absolute atomic E-state index is 12.4. The van der Waals surface area contributed by atoms with Crippen molar-refractivity contribution in [3.05, 3.63) is 52.3 Å². The Kier molecular flexibility index (Phi) is 10.5. The van der Waals surface area contributed by atoms with Gasteiger partial charge in [0.15, 0.2) is 0 Å². The lowest BCUT2D eigenvalue weighted by Crippen LogP contribution is -2.28. The number of hydrogen-bond donors (Lipinski definition) is 4. The van der Waals surface area contributed by atoms with E-state index in [9.17, 15) is 9.59 Å². The Morgan fingerprint density at radius 1 is 1.03 bits per heavy atom. The van der Waals surface area contributed by atoms with Crippen molar-refractivity contribution in [1.29, 1.82) is 0 Å². The summed E-state index contributed by atoms with van der Waals surface area (Å²) in [5.41, 5.74) is 11.7. The molecule has 1 aliphatic rings. The summed E-state index contributed by atoms with van der Waals surface area (Å²) >= 11 is 0. The standard InChI is InChI=1S/C26H36N4O5/c1-18-20(7-8-25(31)28-10-12-34-14-16-35-15-13-33-11-9-27)19(2)29-24(18)17-22-21-5-3-4-6-23(21)30-26(22)32/h3-6,17,29H,7-16,27H2,1-2H3,(H,28,31)(H,30,32)/b22-17+. The van der Waals surface area contributed by atoms with E-state index in [4.69, 9.17) is 19.9 Å². The number of nitrogens with one attached hydrogen (secondary N) is 3. The Labute approximate surface area is 206 Å². The molecule has 0 bridgehead atoms. The van der Waals surface area contributed by atoms with Crippen molar-refractivity contribution in [1.82, 2.24) is 10.3 Å². The molecular formula is C26H36N4O5. The number of para-hydroxylation sites is 1. The van der Waals surface area contributed by atoms with E-state index < -0.39 is 0 Å². The van der Waals surface area contributed by atoms with Gasteiger partial charge < -0.3 is 35.6 Å². The largest absolute Gasteiger partial charge is 0.378 e. The number of nitrogens with two attached hydrogens (primary N) is 1. The second-order valence-electron chi connectivity index (χ2n) is 8.30. The van der Waals surface area contributed by atoms with Crippen LogP contribution >= 0.6 is 0 Å². The highest BCUT2D eigenvalue weighted by Gasteiger charge is 2.24. The average Bonchev–Trinajstić information content (AvgIpc) is 3.30. The van der Waals surface area contributed by atoms with E-state index in [1.54, 1.807) is 0 Å². The van der Waals surface area contributed by atoms with Crippen LogP contribution in [0.25, 0.3) is 11.6 Å². The number of rotatable bonds is 15. The lowest BCUT2D eigenvalue weighted by molar-refractivity contribution is -0.121. The summed E-state index contributed by atoms with van der Waals surface area (Å²) in [6.07, 6.45) is 2.89. The highest BCUT2D eigenvalue weighted by Crippen LogP contribution is 2.33. The van der Waals surface area contributed by atoms with Gasteiger partial charge in [0.2, 0.25) is 5.91 Å². The topological polar surface area (TPSA) is 128 Å². The number of carbonyl (C=O) groups excluding carboxylic acids is 2. The summed E-state index contributed by atoms with van der Waals surface area (Å²) in [5.74, 6) is -0.130. The van der Waals surface area contributed by atoms with E-state index in [1.165, 1.54) is 0 Å². The molecule has 0 fully saturated rings. The van der Waals surface area contributed by atoms with Crippen molar-refractivity contribution in [2.45, 2.75) is 26.7 Å². The van der Waals surface area contributed by atoms with E-state index in [0.29, 0.717) is 71.1 Å². The van der Waals surface area contributed by atoms with Crippen molar-refractivity contribution in [3.8, 4) is 0 Å². The molecule has 2 amide bonds. The monoisotopic (exact) mass is 484 g/mol. The summed E-state index contributed by atoms with van der Waals surface area (Å²) in [7, 11) is 0. The Bertz CT molecular complexity index is 1030. The molecule has 190 valence electrons. The van der Waals surface area contributed by atoms with Crippen LogP contribution in [0.1, 0.15) is 34.5 Å². The van der Waals surface area contributed by atoms with Gasteiger partial charge in [-0.15, -0.1) is 0 Å². The molecule has 0 unspecified atom stereocenters. The zero-order valence-electron chi connectivity index (χ0n) is 20.6. The highest BCUT2D eigenvalue weighted by atomic mass is 16.5. The first kappa shape index (κ1) is 26.6. The van der Waals surface area contributed by atoms with Crippen LogP contribution in [0.2, 0.25) is 0 Å². The van der Waals surface area contributed by atoms with Gasteiger partial charge in [-0.05, 0) is 43.5 Å². The van der Waals surface area contributed by atoms with Gasteiger partial charge >= 0.3 is 0 Å². The second kappa shape index (κ2) is 13.8. The molecule has 35 heavy (non-hydrogen) atoms. The number of aromatic amines is 1. The van der Waals surface area contributed by atoms with Crippen molar-refractivity contribution in [2.75, 3.05) is 58.0 Å². The summed E-state index contributed by atoms with van der Waals surface area (Å²) < 4.78 is 16.1. The second-order valence-corrected chi connectivity index (χ2v) is 8.30. The Balaban J connectivity index is 1.39. The fraction of sp³-hybridized carbons (Fsp3) is 0.462. The summed E-state index contributed by atoms with van der Waals surface area (Å²) in [6.45, 7) is 7.93. The number of ether oxygens (including phenoxy) is 3. The molecule has 0 atom stereocenters. The molecule has 1 aromatic heterocycles. The third-order valence-corrected chi connectivity index (χ3v) is 5.81. The number of benzene rings is 1. The molecule has 0 radical (unpaired) electrons. The van der Waals surface area contributed by atoms with Gasteiger partial charge in [-0.1, -0.05) is 18.2 Å². The summed E-state index contributed by atoms with van der Waals surface area (Å²) in [4.78, 5) is 28.1. The molecule has 2 heterocycles. The number of hydrogen-bond acceptors (Lipinski definition) is 6. The molecular weight excluding hydrogens is 448 g/mol. The minimum absolute atomic E-state index is 0.0223. The molecule has 0 spiro atoms. The minimum atomic E-state index is -0.107. The number of amides is 2. The first-order chi connectivity index (χ1) is 17.0. The summed E-state index contributed by atoms with van der Waals surface area (Å²) in [5, 5.41) is 5.78. The zero-order chi connectivity index (χ0) is 25.0. The number of aromatic nitrogens is 1. The smallest absolute Gasteiger partial charge is 0.256 e. The lowest BCUT2D eigenvalue weighted by atomic mass is 10.0. The van der Waals surface area contributed by atoms with Gasteiger partial charge in [-0.2, -0.15) is 0 Å². The van der Waals surface area contributed by atoms with Gasteiger partial charge in [0.05, 0.1) is 45.2 Å². The van der Waals surface area contributed by atoms with Gasteiger partial charge in [-0.25, -0.2) is 0 Å². The highest BCUT2D eigenvalue weighted by molar-refractivity contribution is 6.34. The van der Waals surface area contributed by atoms with Crippen LogP contribution in [-0.4, -0.2) is 69.5 Å². The fourth-order valence-electron chi connectivity index (χ4n) is 3.98. The predicted molar refractivity (Wildman–Crippen MR) is 136 cm³/mol. The van der Waals surface area contributed by atoms with E-state index in [1.807, 2.05) is 44.2 Å². The average molecular weight is 485 g/mol. The molecule has 0 aliphatic carbocycles. The molecule has 9 nitrogen and oxygen atoms in total. The number of anilines is 1. The van der Waals surface area contributed by atoms with Crippen molar-refractivity contribution >= 4 is 29.2 Å². The number of fused-ring (bicyclic) bond motifs is 1. The first-order valence-corrected chi connectivity index (χ1v) is 12.0. The lowest BCUT2D eigenvalue weighted by Gasteiger charge is -2.08. The predicted octanol–water partition coefficient (Wildman–Crippen LogP) is 2.18. The van der Waals surface area contributed by atoms with Crippen LogP contribution in [-0.2, 0) is 30.2 Å². The molecule has 3 rings (SSSR count). The first-order valence-electron chi connectivity index (χ1n) is 12.0. The Morgan fingerprint density at radius 3 is 2.46 bits per heavy atom. The van der Waals surface area contributed by atoms with E-state index in [0.717, 1.165) is 33.8 Å². The molecule has 0 saturated heterocycles. The van der Waals surface area contributed by atoms with E-state index >= 15 is 0 Å². The van der Waals surface area contributed by atoms with Crippen molar-refractivity contribution in [3.63, 3.8) is 0 Å². The Hall–Kier alpha value is -2.98. The third kappa shape index (κ3) is 7.76. The van der Waals surface area contributed by atoms with Gasteiger partial charge in [0.25, 0.3) is 5.91 Å². The van der Waals surface area contributed by atoms with Gasteiger partial charge in [-0.3, -0.25) is 9.59 Å². The van der Waals surface area contributed by atoms with E-state index in [-0.39, 0.29) is 11.8 Å². The van der Waals surface area contributed by atoms with Crippen LogP contribution in [0.15, 0.2) is 24.3 Å². The molecule has 5 N–H and O–H groups in total. The van der Waals surface area contributed by atoms with Crippen LogP contribution in [0.3, 0.4) is 0 Å². The normalized spacial score (nSPS) is 13.8. The fourth-order valence-corrected chi connectivity index (χ4v) is 3.98. The maximum atomic E-state index is 12.4. The quantitative estimate of drug-likeness (QED) is 0.227. The zero-order valence-corrected chi connectivity index (χ0v) is 20.6. The molecule has 0 saturated carbocycles. The molecule has 1 aromatic carbocycles. The minimum Gasteiger partial charge on any atom is -0.378 e. The summed E-state index contributed by atoms with van der Waals surface area (Å²) in [6, 6.07) is 7.65. The SMILES string of the molecule is Cc1[nH]c(/C=C2/C(=O)Nc3ccccc32)c(C)c1CCC(=O)NCCOCCOCCOCCN. The maximum Gasteiger partial charge on any atom is 0.256 e. The van der Waals surface area contributed by atoms with Crippen molar-refractivity contribution in [2.24, 2.45) is 5.73 Å². The molecule has 1 aliphatic heterocycles. The van der Waals surface area contributed by atoms with Crippen LogP contribution in [0.4, 0.5) is 5.69 Å². The van der Waals surface area contributed by atoms with E-state index in [2.05, 4.69) is 15.6 Å². The number of H-pyrrole nitrogens is 1. The number of carbonyl (C=O) groups is 2. The van der Waals surface area contributed by atoms with Gasteiger partial charge in [0.1, 0.15) is 0 Å². The van der Waals surface area contributed by atoms with Crippen LogP contribution < -0.4 is 16.4 Å². The van der Waals surface area contributed by atoms with Gasteiger partial charge in [0, 0.05) is 42.1 Å².